The van der Waals surface area contributed by atoms with E-state index in [0.717, 1.165) is 51.4 Å². The first-order valence-electron chi connectivity index (χ1n) is 13.4. The lowest BCUT2D eigenvalue weighted by atomic mass is 9.47. The number of hydrogen-bond donors (Lipinski definition) is 0. The number of carbonyl (C=O) groups is 2. The molecule has 7 atom stereocenters. The molecule has 0 spiro atoms. The number of esters is 2. The highest BCUT2D eigenvalue weighted by molar-refractivity contribution is 5.74. The van der Waals surface area contributed by atoms with Gasteiger partial charge >= 0.3 is 11.9 Å². The summed E-state index contributed by atoms with van der Waals surface area (Å²) >= 11 is 0. The minimum atomic E-state index is -0.154. The average Bonchev–Trinajstić information content (AvgIpc) is 3.12. The van der Waals surface area contributed by atoms with E-state index < -0.39 is 0 Å². The van der Waals surface area contributed by atoms with Crippen molar-refractivity contribution in [3.63, 3.8) is 0 Å². The second-order valence-electron chi connectivity index (χ2n) is 12.1. The number of fused-ring (bicyclic) bond motifs is 5. The van der Waals surface area contributed by atoms with Crippen molar-refractivity contribution in [3.8, 4) is 0 Å². The highest BCUT2D eigenvalue weighted by Crippen LogP contribution is 2.66. The van der Waals surface area contributed by atoms with Gasteiger partial charge in [0, 0.05) is 13.3 Å². The molecular formula is C28H42O4. The number of hydrogen-bond acceptors (Lipinski definition) is 4. The quantitative estimate of drug-likeness (QED) is 0.376. The van der Waals surface area contributed by atoms with Crippen molar-refractivity contribution in [2.45, 2.75) is 116 Å². The molecule has 0 aromatic carbocycles. The number of ether oxygens (including phenoxy) is 2. The third kappa shape index (κ3) is 3.74. The predicted octanol–water partition coefficient (Wildman–Crippen LogP) is 6.37. The summed E-state index contributed by atoms with van der Waals surface area (Å²) in [6.45, 7) is 6.41. The molecule has 4 saturated carbocycles. The van der Waals surface area contributed by atoms with E-state index in [2.05, 4.69) is 19.9 Å². The van der Waals surface area contributed by atoms with Crippen molar-refractivity contribution in [2.24, 2.45) is 34.5 Å². The van der Waals surface area contributed by atoms with Crippen LogP contribution >= 0.6 is 0 Å². The lowest BCUT2D eigenvalue weighted by Gasteiger charge is -2.57. The van der Waals surface area contributed by atoms with Crippen LogP contribution in [0.4, 0.5) is 0 Å². The largest absolute Gasteiger partial charge is 0.462 e. The Hall–Kier alpha value is -1.32. The Morgan fingerprint density at radius 1 is 0.875 bits per heavy atom. The molecule has 178 valence electrons. The molecule has 5 aliphatic carbocycles. The van der Waals surface area contributed by atoms with Crippen LogP contribution in [0.25, 0.3) is 0 Å². The lowest BCUT2D eigenvalue weighted by molar-refractivity contribution is -0.163. The van der Waals surface area contributed by atoms with Gasteiger partial charge in [0.05, 0.1) is 5.92 Å². The van der Waals surface area contributed by atoms with Gasteiger partial charge in [-0.3, -0.25) is 9.59 Å². The maximum absolute atomic E-state index is 13.3. The summed E-state index contributed by atoms with van der Waals surface area (Å²) in [6.07, 6.45) is 17.2. The molecule has 0 saturated heterocycles. The Balaban J connectivity index is 1.30. The average molecular weight is 443 g/mol. The first kappa shape index (κ1) is 22.5. The number of rotatable bonds is 3. The standard InChI is InChI=1S/C28H42O4/c1-18(29)31-21-13-15-27(2)19(17-21)9-10-22-23-11-12-25(28(23,3)16-14-24(22)27)26(30)32-20-7-5-4-6-8-20/h9,20-25H,4-8,10-17H2,1-3H3. The van der Waals surface area contributed by atoms with Gasteiger partial charge in [-0.15, -0.1) is 0 Å². The molecular weight excluding hydrogens is 400 g/mol. The fourth-order valence-corrected chi connectivity index (χ4v) is 8.78. The fraction of sp³-hybridized carbons (Fsp3) is 0.857. The summed E-state index contributed by atoms with van der Waals surface area (Å²) in [4.78, 5) is 24.7. The third-order valence-corrected chi connectivity index (χ3v) is 10.5. The van der Waals surface area contributed by atoms with Crippen molar-refractivity contribution in [2.75, 3.05) is 0 Å². The zero-order valence-corrected chi connectivity index (χ0v) is 20.4. The fourth-order valence-electron chi connectivity index (χ4n) is 8.78. The maximum Gasteiger partial charge on any atom is 0.309 e. The van der Waals surface area contributed by atoms with Crippen molar-refractivity contribution in [3.05, 3.63) is 11.6 Å². The molecule has 7 unspecified atom stereocenters. The van der Waals surface area contributed by atoms with E-state index in [9.17, 15) is 9.59 Å². The van der Waals surface area contributed by atoms with E-state index in [1.165, 1.54) is 44.6 Å². The normalized spacial score (nSPS) is 44.0. The Kier molecular flexibility index (Phi) is 5.95. The van der Waals surface area contributed by atoms with Gasteiger partial charge in [0.2, 0.25) is 0 Å². The summed E-state index contributed by atoms with van der Waals surface area (Å²) in [6, 6.07) is 0. The van der Waals surface area contributed by atoms with Crippen molar-refractivity contribution in [1.29, 1.82) is 0 Å². The van der Waals surface area contributed by atoms with Crippen molar-refractivity contribution >= 4 is 11.9 Å². The van der Waals surface area contributed by atoms with Gasteiger partial charge in [-0.2, -0.15) is 0 Å². The van der Waals surface area contributed by atoms with Gasteiger partial charge in [0.1, 0.15) is 12.2 Å². The molecule has 5 rings (SSSR count). The molecule has 32 heavy (non-hydrogen) atoms. The maximum atomic E-state index is 13.3. The monoisotopic (exact) mass is 442 g/mol. The van der Waals surface area contributed by atoms with Crippen LogP contribution in [0.1, 0.15) is 104 Å². The molecule has 0 heterocycles. The Morgan fingerprint density at radius 3 is 2.41 bits per heavy atom. The molecule has 0 N–H and O–H groups in total. The van der Waals surface area contributed by atoms with E-state index in [1.807, 2.05) is 0 Å². The molecule has 4 nitrogen and oxygen atoms in total. The summed E-state index contributed by atoms with van der Waals surface area (Å²) in [7, 11) is 0. The predicted molar refractivity (Wildman–Crippen MR) is 124 cm³/mol. The SMILES string of the molecule is CC(=O)OC1CCC2(C)C(=CCC3C2CCC2(C)C(C(=O)OC4CCCCC4)CCC32)C1. The van der Waals surface area contributed by atoms with E-state index in [0.29, 0.717) is 17.8 Å². The molecule has 4 fully saturated rings. The van der Waals surface area contributed by atoms with Gasteiger partial charge in [-0.1, -0.05) is 31.9 Å². The second-order valence-corrected chi connectivity index (χ2v) is 12.1. The Labute approximate surface area is 193 Å². The minimum Gasteiger partial charge on any atom is -0.462 e. The first-order chi connectivity index (χ1) is 15.3. The first-order valence-corrected chi connectivity index (χ1v) is 13.4. The van der Waals surface area contributed by atoms with Crippen molar-refractivity contribution < 1.29 is 19.1 Å². The van der Waals surface area contributed by atoms with Gasteiger partial charge in [-0.05, 0) is 99.2 Å². The van der Waals surface area contributed by atoms with Gasteiger partial charge in [0.15, 0.2) is 0 Å². The molecule has 0 bridgehead atoms. The Morgan fingerprint density at radius 2 is 1.66 bits per heavy atom. The third-order valence-electron chi connectivity index (χ3n) is 10.5. The zero-order valence-electron chi connectivity index (χ0n) is 20.4. The summed E-state index contributed by atoms with van der Waals surface area (Å²) < 4.78 is 11.7. The summed E-state index contributed by atoms with van der Waals surface area (Å²) in [5.41, 5.74) is 1.87. The second kappa shape index (κ2) is 8.47. The zero-order chi connectivity index (χ0) is 22.5. The number of allylic oxidation sites excluding steroid dienone is 1. The molecule has 0 radical (unpaired) electrons. The molecule has 4 heteroatoms. The van der Waals surface area contributed by atoms with Crippen LogP contribution in [-0.2, 0) is 19.1 Å². The molecule has 0 aromatic rings. The lowest BCUT2D eigenvalue weighted by Crippen LogP contribution is -2.51. The van der Waals surface area contributed by atoms with Crippen LogP contribution in [0.15, 0.2) is 11.6 Å². The highest BCUT2D eigenvalue weighted by Gasteiger charge is 2.60. The van der Waals surface area contributed by atoms with E-state index in [-0.39, 0.29) is 40.9 Å². The van der Waals surface area contributed by atoms with Crippen LogP contribution in [0.2, 0.25) is 0 Å². The van der Waals surface area contributed by atoms with Crippen LogP contribution in [0.5, 0.6) is 0 Å². The van der Waals surface area contributed by atoms with Crippen LogP contribution in [0.3, 0.4) is 0 Å². The molecule has 0 aliphatic heterocycles. The minimum absolute atomic E-state index is 0.0580. The van der Waals surface area contributed by atoms with Crippen LogP contribution in [-0.4, -0.2) is 24.1 Å². The summed E-state index contributed by atoms with van der Waals surface area (Å²) in [5.74, 6) is 2.06. The van der Waals surface area contributed by atoms with Gasteiger partial charge in [0.25, 0.3) is 0 Å². The highest BCUT2D eigenvalue weighted by atomic mass is 16.5. The van der Waals surface area contributed by atoms with Crippen molar-refractivity contribution in [1.82, 2.24) is 0 Å². The van der Waals surface area contributed by atoms with Gasteiger partial charge < -0.3 is 9.47 Å². The Bertz CT molecular complexity index is 780. The summed E-state index contributed by atoms with van der Waals surface area (Å²) in [5, 5.41) is 0. The molecule has 5 aliphatic rings. The van der Waals surface area contributed by atoms with Gasteiger partial charge in [-0.25, -0.2) is 0 Å². The number of carbonyl (C=O) groups excluding carboxylic acids is 2. The van der Waals surface area contributed by atoms with E-state index in [4.69, 9.17) is 9.47 Å². The smallest absolute Gasteiger partial charge is 0.309 e. The topological polar surface area (TPSA) is 52.6 Å². The van der Waals surface area contributed by atoms with E-state index >= 15 is 0 Å². The molecule has 0 aromatic heterocycles. The van der Waals surface area contributed by atoms with Crippen LogP contribution in [0, 0.1) is 34.5 Å². The van der Waals surface area contributed by atoms with E-state index in [1.54, 1.807) is 0 Å². The molecule has 0 amide bonds. The van der Waals surface area contributed by atoms with Crippen LogP contribution < -0.4 is 0 Å².